The Morgan fingerprint density at radius 1 is 0.981 bits per heavy atom. The van der Waals surface area contributed by atoms with Gasteiger partial charge in [0.15, 0.2) is 6.10 Å². The minimum absolute atomic E-state index is 0.0480. The molecule has 2 fully saturated rings. The number of hydrogen-bond donors (Lipinski definition) is 1. The molecule has 4 aliphatic rings. The summed E-state index contributed by atoms with van der Waals surface area (Å²) in [5.41, 5.74) is -0.739. The van der Waals surface area contributed by atoms with Gasteiger partial charge in [-0.05, 0) is 85.8 Å². The molecule has 5 rings (SSSR count). The van der Waals surface area contributed by atoms with Crippen LogP contribution in [0.25, 0.3) is 5.57 Å². The summed E-state index contributed by atoms with van der Waals surface area (Å²) < 4.78 is 30.9. The summed E-state index contributed by atoms with van der Waals surface area (Å²) in [6.07, 6.45) is 5.72. The van der Waals surface area contributed by atoms with E-state index in [0.29, 0.717) is 18.4 Å². The fraction of sp³-hybridized carbons (Fsp3) is 0.619. The van der Waals surface area contributed by atoms with E-state index in [1.807, 2.05) is 51.1 Å². The second-order valence-corrected chi connectivity index (χ2v) is 15.9. The van der Waals surface area contributed by atoms with Crippen molar-refractivity contribution in [1.82, 2.24) is 0 Å². The normalized spacial score (nSPS) is 37.5. The first-order valence-corrected chi connectivity index (χ1v) is 18.5. The molecule has 1 aliphatic heterocycles. The van der Waals surface area contributed by atoms with Crippen LogP contribution in [-0.4, -0.2) is 72.2 Å². The number of hydrogen-bond acceptors (Lipinski definition) is 10. The van der Waals surface area contributed by atoms with Crippen LogP contribution in [0.1, 0.15) is 93.2 Å². The van der Waals surface area contributed by atoms with Gasteiger partial charge in [-0.1, -0.05) is 57.2 Å². The fourth-order valence-electron chi connectivity index (χ4n) is 11.0. The Hall–Kier alpha value is -3.76. The lowest BCUT2D eigenvalue weighted by molar-refractivity contribution is -0.301. The molecule has 4 unspecified atom stereocenters. The van der Waals surface area contributed by atoms with Crippen molar-refractivity contribution < 1.29 is 48.0 Å². The molecule has 1 aromatic carbocycles. The van der Waals surface area contributed by atoms with Crippen LogP contribution in [0.2, 0.25) is 0 Å². The van der Waals surface area contributed by atoms with Gasteiger partial charge in [-0.15, -0.1) is 0 Å². The molecule has 0 radical (unpaired) electrons. The van der Waals surface area contributed by atoms with Crippen molar-refractivity contribution in [3.8, 4) is 0 Å². The molecule has 1 heterocycles. The Labute approximate surface area is 307 Å². The van der Waals surface area contributed by atoms with Gasteiger partial charge in [-0.2, -0.15) is 0 Å². The van der Waals surface area contributed by atoms with Crippen LogP contribution in [0.3, 0.4) is 0 Å². The van der Waals surface area contributed by atoms with E-state index in [2.05, 4.69) is 32.1 Å². The predicted molar refractivity (Wildman–Crippen MR) is 194 cm³/mol. The summed E-state index contributed by atoms with van der Waals surface area (Å²) in [6, 6.07) is 8.13. The van der Waals surface area contributed by atoms with Gasteiger partial charge in [0.2, 0.25) is 0 Å². The second kappa shape index (κ2) is 14.6. The van der Waals surface area contributed by atoms with Crippen molar-refractivity contribution in [2.24, 2.45) is 34.0 Å². The van der Waals surface area contributed by atoms with Gasteiger partial charge in [-0.3, -0.25) is 19.2 Å². The van der Waals surface area contributed by atoms with Crippen molar-refractivity contribution in [3.63, 3.8) is 0 Å². The third kappa shape index (κ3) is 6.44. The van der Waals surface area contributed by atoms with Gasteiger partial charge in [0.1, 0.15) is 23.9 Å². The number of esters is 4. The van der Waals surface area contributed by atoms with Gasteiger partial charge in [0.05, 0.1) is 18.6 Å². The van der Waals surface area contributed by atoms with E-state index in [4.69, 9.17) is 23.7 Å². The monoisotopic (exact) mass is 720 g/mol. The number of fused-ring (bicyclic) bond motifs is 5. The van der Waals surface area contributed by atoms with E-state index in [1.54, 1.807) is 6.92 Å². The first-order valence-electron chi connectivity index (χ1n) is 18.5. The summed E-state index contributed by atoms with van der Waals surface area (Å²) in [7, 11) is 0. The molecular weight excluding hydrogens is 664 g/mol. The Bertz CT molecular complexity index is 1680. The van der Waals surface area contributed by atoms with Gasteiger partial charge in [-0.25, -0.2) is 0 Å². The lowest BCUT2D eigenvalue weighted by Crippen LogP contribution is -2.76. The largest absolute Gasteiger partial charge is 0.462 e. The number of aryl methyl sites for hydroxylation is 1. The highest BCUT2D eigenvalue weighted by Crippen LogP contribution is 2.72. The molecule has 10 heteroatoms. The summed E-state index contributed by atoms with van der Waals surface area (Å²) in [5.74, 6) is -3.81. The molecule has 1 aromatic rings. The van der Waals surface area contributed by atoms with Crippen molar-refractivity contribution in [3.05, 3.63) is 65.3 Å². The summed E-state index contributed by atoms with van der Waals surface area (Å²) in [6.45, 7) is 17.5. The predicted octanol–water partition coefficient (Wildman–Crippen LogP) is 6.33. The molecule has 1 N–H and O–H groups in total. The molecule has 0 spiro atoms. The number of benzene rings is 1. The summed E-state index contributed by atoms with van der Waals surface area (Å²) in [4.78, 5) is 51.8. The fourth-order valence-corrected chi connectivity index (χ4v) is 11.0. The summed E-state index contributed by atoms with van der Waals surface area (Å²) >= 11 is 0. The van der Waals surface area contributed by atoms with Crippen LogP contribution < -0.4 is 0 Å². The van der Waals surface area contributed by atoms with Crippen molar-refractivity contribution >= 4 is 29.5 Å². The van der Waals surface area contributed by atoms with Crippen molar-refractivity contribution in [2.75, 3.05) is 13.2 Å². The summed E-state index contributed by atoms with van der Waals surface area (Å²) in [5, 5.41) is 13.1. The maximum Gasteiger partial charge on any atom is 0.303 e. The van der Waals surface area contributed by atoms with Crippen LogP contribution in [0.5, 0.6) is 0 Å². The molecule has 52 heavy (non-hydrogen) atoms. The average Bonchev–Trinajstić information content (AvgIpc) is 3.29. The van der Waals surface area contributed by atoms with Gasteiger partial charge < -0.3 is 28.8 Å². The third-order valence-electron chi connectivity index (χ3n) is 12.9. The molecule has 284 valence electrons. The number of carbonyl (C=O) groups excluding carboxylic acids is 4. The van der Waals surface area contributed by atoms with E-state index in [1.165, 1.54) is 27.7 Å². The topological polar surface area (TPSA) is 135 Å². The van der Waals surface area contributed by atoms with Gasteiger partial charge in [0.25, 0.3) is 0 Å². The molecule has 11 atom stereocenters. The van der Waals surface area contributed by atoms with Gasteiger partial charge in [0, 0.05) is 44.9 Å². The zero-order chi connectivity index (χ0) is 38.4. The number of aliphatic hydroxyl groups is 1. The highest BCUT2D eigenvalue weighted by molar-refractivity contribution is 5.70. The molecule has 0 amide bonds. The number of rotatable bonds is 8. The van der Waals surface area contributed by atoms with E-state index in [9.17, 15) is 24.3 Å². The van der Waals surface area contributed by atoms with E-state index < -0.39 is 87.9 Å². The van der Waals surface area contributed by atoms with Gasteiger partial charge >= 0.3 is 23.9 Å². The molecule has 0 saturated heterocycles. The molecular formula is C42H56O10. The average molecular weight is 721 g/mol. The van der Waals surface area contributed by atoms with E-state index in [0.717, 1.165) is 23.1 Å². The number of allylic oxidation sites excluding steroid dienone is 2. The first kappa shape index (κ1) is 39.4. The first-order chi connectivity index (χ1) is 24.4. The zero-order valence-corrected chi connectivity index (χ0v) is 32.3. The minimum Gasteiger partial charge on any atom is -0.462 e. The maximum absolute atomic E-state index is 13.2. The number of carbonyl (C=O) groups is 4. The van der Waals surface area contributed by atoms with Crippen LogP contribution in [0.15, 0.2) is 54.1 Å². The Morgan fingerprint density at radius 3 is 2.25 bits per heavy atom. The van der Waals surface area contributed by atoms with Crippen LogP contribution in [0, 0.1) is 34.0 Å². The standard InChI is InChI=1S/C42H56O10/c1-11-31-15-12-13-16-32(31)24(2)22-42(47)25(3)21-35(50-28(6)44)40(10)34(42)18-19-39(9)33-17-14-20-48-23-41(33,26(4)49-27(5)43)38(52-30(8)46)36(37(39)40)51-29(7)45/h12-17,21-22,26,33-38,47H,11,18-20,23H2,1-10H3/b24-22-/t26?,33?,34?,35-,36+,37?,38+,39+,40-,41-,42+/m1/s1. The highest BCUT2D eigenvalue weighted by atomic mass is 16.6. The lowest BCUT2D eigenvalue weighted by atomic mass is 9.36. The smallest absolute Gasteiger partial charge is 0.303 e. The minimum atomic E-state index is -1.49. The van der Waals surface area contributed by atoms with E-state index in [-0.39, 0.29) is 13.2 Å². The Morgan fingerprint density at radius 2 is 1.63 bits per heavy atom. The van der Waals surface area contributed by atoms with E-state index >= 15 is 0 Å². The highest BCUT2D eigenvalue weighted by Gasteiger charge is 2.76. The maximum atomic E-state index is 13.2. The molecule has 2 saturated carbocycles. The molecule has 10 nitrogen and oxygen atoms in total. The van der Waals surface area contributed by atoms with Crippen LogP contribution >= 0.6 is 0 Å². The van der Waals surface area contributed by atoms with Crippen molar-refractivity contribution in [2.45, 2.75) is 119 Å². The Kier molecular flexibility index (Phi) is 11.1. The SMILES string of the molecule is CCc1ccccc1/C(C)=C\[C@]1(O)C(C)=C[C@@H](OC(C)=O)[C@]2(C)C3[C@H](OC(C)=O)[C@H](OC(C)=O)[C@@]4(C(C)OC(C)=O)COCC=CC4[C@]3(C)CCC21. The Balaban J connectivity index is 1.83. The van der Waals surface area contributed by atoms with Crippen LogP contribution in [-0.2, 0) is 49.3 Å². The zero-order valence-electron chi connectivity index (χ0n) is 32.3. The quantitative estimate of drug-likeness (QED) is 0.184. The molecule has 0 bridgehead atoms. The third-order valence-corrected chi connectivity index (χ3v) is 12.9. The van der Waals surface area contributed by atoms with Crippen LogP contribution in [0.4, 0.5) is 0 Å². The molecule has 3 aliphatic carbocycles. The second-order valence-electron chi connectivity index (χ2n) is 15.9. The van der Waals surface area contributed by atoms with Crippen molar-refractivity contribution in [1.29, 1.82) is 0 Å². The number of ether oxygens (including phenoxy) is 5. The molecule has 0 aromatic heterocycles. The lowest BCUT2D eigenvalue weighted by Gasteiger charge is -2.70.